The van der Waals surface area contributed by atoms with Crippen LogP contribution in [0.15, 0.2) is 115 Å². The lowest BCUT2D eigenvalue weighted by molar-refractivity contribution is -0.575. The lowest BCUT2D eigenvalue weighted by Crippen LogP contribution is -2.37. The number of pyridine rings is 1. The van der Waals surface area contributed by atoms with Crippen molar-refractivity contribution in [1.82, 2.24) is 0 Å². The van der Waals surface area contributed by atoms with Crippen molar-refractivity contribution in [1.29, 1.82) is 0 Å². The second kappa shape index (κ2) is 7.97. The highest BCUT2D eigenvalue weighted by molar-refractivity contribution is 5.98. The number of rotatable bonds is 4. The van der Waals surface area contributed by atoms with Crippen LogP contribution in [0.3, 0.4) is 0 Å². The summed E-state index contributed by atoms with van der Waals surface area (Å²) in [5, 5.41) is 1.28. The number of para-hydroxylation sites is 4. The Bertz CT molecular complexity index is 1340. The van der Waals surface area contributed by atoms with E-state index in [4.69, 9.17) is 0 Å². The van der Waals surface area contributed by atoms with E-state index in [9.17, 15) is 0 Å². The fourth-order valence-electron chi connectivity index (χ4n) is 5.10. The van der Waals surface area contributed by atoms with E-state index in [-0.39, 0.29) is 0 Å². The molecule has 0 spiro atoms. The molecule has 2 nitrogen and oxygen atoms in total. The summed E-state index contributed by atoms with van der Waals surface area (Å²) in [7, 11) is 0. The molecule has 5 aromatic rings. The molecule has 0 unspecified atom stereocenters. The van der Waals surface area contributed by atoms with E-state index in [1.165, 1.54) is 51.3 Å². The predicted molar refractivity (Wildman–Crippen MR) is 132 cm³/mol. The number of anilines is 3. The van der Waals surface area contributed by atoms with Crippen LogP contribution in [-0.4, -0.2) is 0 Å². The van der Waals surface area contributed by atoms with Crippen molar-refractivity contribution in [2.75, 3.05) is 4.90 Å². The first kappa shape index (κ1) is 18.8. The monoisotopic (exact) mass is 413 g/mol. The van der Waals surface area contributed by atoms with E-state index in [1.54, 1.807) is 0 Å². The molecule has 0 saturated heterocycles. The highest BCUT2D eigenvalue weighted by Crippen LogP contribution is 2.43. The van der Waals surface area contributed by atoms with E-state index in [1.807, 2.05) is 0 Å². The number of hydrogen-bond donors (Lipinski definition) is 0. The van der Waals surface area contributed by atoms with E-state index in [2.05, 4.69) is 125 Å². The Kier molecular flexibility index (Phi) is 4.69. The van der Waals surface area contributed by atoms with Crippen LogP contribution in [0.1, 0.15) is 17.7 Å². The van der Waals surface area contributed by atoms with Crippen LogP contribution >= 0.6 is 0 Å². The average molecular weight is 414 g/mol. The van der Waals surface area contributed by atoms with Gasteiger partial charge in [0.2, 0.25) is 11.2 Å². The third-order valence-electron chi connectivity index (χ3n) is 6.41. The average Bonchev–Trinajstić information content (AvgIpc) is 3.35. The number of hydrogen-bond acceptors (Lipinski definition) is 1. The maximum atomic E-state index is 2.48. The third-order valence-corrected chi connectivity index (χ3v) is 6.41. The number of benzene rings is 4. The zero-order valence-electron chi connectivity index (χ0n) is 18.0. The molecule has 1 aliphatic rings. The van der Waals surface area contributed by atoms with Gasteiger partial charge in [0, 0.05) is 41.6 Å². The summed E-state index contributed by atoms with van der Waals surface area (Å²) >= 11 is 0. The van der Waals surface area contributed by atoms with Crippen molar-refractivity contribution in [3.8, 4) is 5.69 Å². The van der Waals surface area contributed by atoms with Gasteiger partial charge in [-0.1, -0.05) is 66.7 Å². The van der Waals surface area contributed by atoms with E-state index < -0.39 is 0 Å². The third kappa shape index (κ3) is 3.07. The lowest BCUT2D eigenvalue weighted by atomic mass is 10.0. The molecule has 0 aliphatic heterocycles. The number of fused-ring (bicyclic) bond motifs is 2. The smallest absolute Gasteiger partial charge is 0.220 e. The van der Waals surface area contributed by atoms with Crippen LogP contribution in [0.5, 0.6) is 0 Å². The van der Waals surface area contributed by atoms with Crippen molar-refractivity contribution in [3.63, 3.8) is 0 Å². The quantitative estimate of drug-likeness (QED) is 0.286. The molecule has 0 fully saturated rings. The van der Waals surface area contributed by atoms with Gasteiger partial charge >= 0.3 is 0 Å². The highest BCUT2D eigenvalue weighted by Gasteiger charge is 2.33. The zero-order valence-corrected chi connectivity index (χ0v) is 18.0. The Morgan fingerprint density at radius 1 is 0.562 bits per heavy atom. The van der Waals surface area contributed by atoms with Crippen LogP contribution < -0.4 is 9.47 Å². The first-order valence-electron chi connectivity index (χ1n) is 11.4. The van der Waals surface area contributed by atoms with Gasteiger partial charge in [0.1, 0.15) is 0 Å². The van der Waals surface area contributed by atoms with Gasteiger partial charge in [-0.2, -0.15) is 4.57 Å². The van der Waals surface area contributed by atoms with E-state index >= 15 is 0 Å². The SMILES string of the molecule is c1ccc(N(c2ccccc2)c2c3c([n+](-c4ccccc4)c4ccccc24)CCC3)cc1. The number of aromatic nitrogens is 1. The van der Waals surface area contributed by atoms with Crippen molar-refractivity contribution >= 4 is 28.0 Å². The summed E-state index contributed by atoms with van der Waals surface area (Å²) in [6, 6.07) is 41.2. The molecule has 0 N–H and O–H groups in total. The van der Waals surface area contributed by atoms with Crippen molar-refractivity contribution in [3.05, 3.63) is 127 Å². The Balaban J connectivity index is 1.72. The topological polar surface area (TPSA) is 7.12 Å². The molecule has 0 amide bonds. The van der Waals surface area contributed by atoms with Crippen LogP contribution in [0.25, 0.3) is 16.6 Å². The summed E-state index contributed by atoms with van der Waals surface area (Å²) in [4.78, 5) is 2.45. The standard InChI is InChI=1S/C30H25N2/c1-4-13-23(14-5-1)31(24-15-6-2-7-16-24)30-26-19-10-11-21-28(26)32(25-17-8-3-9-18-25)29-22-12-20-27(29)30/h1-11,13-19,21H,12,20,22H2/q+1. The second-order valence-corrected chi connectivity index (χ2v) is 8.32. The summed E-state index contributed by atoms with van der Waals surface area (Å²) in [5.74, 6) is 0. The summed E-state index contributed by atoms with van der Waals surface area (Å²) in [5.41, 5.74) is 9.08. The molecule has 0 saturated carbocycles. The van der Waals surface area contributed by atoms with E-state index in [0.717, 1.165) is 12.8 Å². The molecule has 1 aliphatic carbocycles. The fraction of sp³-hybridized carbons (Fsp3) is 0.100. The predicted octanol–water partition coefficient (Wildman–Crippen LogP) is 7.08. The Hall–Kier alpha value is -3.91. The van der Waals surface area contributed by atoms with Gasteiger partial charge in [0.05, 0.1) is 11.1 Å². The molecular weight excluding hydrogens is 388 g/mol. The van der Waals surface area contributed by atoms with Crippen molar-refractivity contribution in [2.24, 2.45) is 0 Å². The lowest BCUT2D eigenvalue weighted by Gasteiger charge is -2.28. The summed E-state index contributed by atoms with van der Waals surface area (Å²) in [6.07, 6.45) is 3.38. The number of nitrogens with zero attached hydrogens (tertiary/aromatic N) is 2. The molecular formula is C30H25N2+. The van der Waals surface area contributed by atoms with Gasteiger partial charge in [-0.05, 0) is 43.2 Å². The fourth-order valence-corrected chi connectivity index (χ4v) is 5.10. The minimum absolute atomic E-state index is 1.10. The van der Waals surface area contributed by atoms with Gasteiger partial charge in [0.15, 0.2) is 5.69 Å². The Morgan fingerprint density at radius 3 is 1.78 bits per heavy atom. The zero-order chi connectivity index (χ0) is 21.3. The minimum atomic E-state index is 1.10. The molecule has 0 radical (unpaired) electrons. The molecule has 1 aromatic heterocycles. The van der Waals surface area contributed by atoms with E-state index in [0.29, 0.717) is 0 Å². The Morgan fingerprint density at radius 2 is 1.12 bits per heavy atom. The van der Waals surface area contributed by atoms with Gasteiger partial charge in [-0.15, -0.1) is 0 Å². The van der Waals surface area contributed by atoms with Gasteiger partial charge in [0.25, 0.3) is 0 Å². The minimum Gasteiger partial charge on any atom is -0.309 e. The van der Waals surface area contributed by atoms with Gasteiger partial charge in [-0.3, -0.25) is 0 Å². The molecule has 1 heterocycles. The molecule has 2 heteroatoms. The van der Waals surface area contributed by atoms with Crippen LogP contribution in [0.4, 0.5) is 17.1 Å². The summed E-state index contributed by atoms with van der Waals surface area (Å²) < 4.78 is 2.48. The van der Waals surface area contributed by atoms with Crippen LogP contribution in [0, 0.1) is 0 Å². The highest BCUT2D eigenvalue weighted by atomic mass is 15.2. The maximum absolute atomic E-state index is 2.48. The maximum Gasteiger partial charge on any atom is 0.220 e. The molecule has 0 bridgehead atoms. The van der Waals surface area contributed by atoms with Gasteiger partial charge in [-0.25, -0.2) is 0 Å². The molecule has 32 heavy (non-hydrogen) atoms. The first-order valence-corrected chi connectivity index (χ1v) is 11.4. The summed E-state index contributed by atoms with van der Waals surface area (Å²) in [6.45, 7) is 0. The van der Waals surface area contributed by atoms with Crippen LogP contribution in [0.2, 0.25) is 0 Å². The normalized spacial score (nSPS) is 12.6. The molecule has 154 valence electrons. The van der Waals surface area contributed by atoms with Crippen LogP contribution in [-0.2, 0) is 12.8 Å². The van der Waals surface area contributed by atoms with Crippen molar-refractivity contribution < 1.29 is 4.57 Å². The molecule has 0 atom stereocenters. The van der Waals surface area contributed by atoms with Gasteiger partial charge < -0.3 is 4.90 Å². The molecule has 4 aromatic carbocycles. The first-order chi connectivity index (χ1) is 15.9. The largest absolute Gasteiger partial charge is 0.309 e. The van der Waals surface area contributed by atoms with Crippen molar-refractivity contribution in [2.45, 2.75) is 19.3 Å². The molecule has 6 rings (SSSR count). The second-order valence-electron chi connectivity index (χ2n) is 8.32. The Labute approximate surface area is 189 Å².